The SMILES string of the molecule is CC(N)CCNC(=O)c1ccc(F)c(NS(C)(=O)=O)c1. The second-order valence-electron chi connectivity index (χ2n) is 4.59. The molecule has 0 saturated carbocycles. The van der Waals surface area contributed by atoms with Crippen LogP contribution in [0.3, 0.4) is 0 Å². The second-order valence-corrected chi connectivity index (χ2v) is 6.34. The molecule has 6 nitrogen and oxygen atoms in total. The van der Waals surface area contributed by atoms with E-state index in [0.29, 0.717) is 13.0 Å². The third kappa shape index (κ3) is 5.54. The number of carbonyl (C=O) groups excluding carboxylic acids is 1. The van der Waals surface area contributed by atoms with Crippen LogP contribution in [0.4, 0.5) is 10.1 Å². The Hall–Kier alpha value is -1.67. The van der Waals surface area contributed by atoms with Crippen LogP contribution in [0.15, 0.2) is 18.2 Å². The Morgan fingerprint density at radius 2 is 2.10 bits per heavy atom. The first-order chi connectivity index (χ1) is 9.19. The summed E-state index contributed by atoms with van der Waals surface area (Å²) >= 11 is 0. The highest BCUT2D eigenvalue weighted by atomic mass is 32.2. The molecule has 0 saturated heterocycles. The van der Waals surface area contributed by atoms with Gasteiger partial charge in [0.2, 0.25) is 10.0 Å². The Kier molecular flexibility index (Phi) is 5.46. The molecule has 0 aliphatic carbocycles. The second kappa shape index (κ2) is 6.67. The fourth-order valence-corrected chi connectivity index (χ4v) is 2.02. The lowest BCUT2D eigenvalue weighted by atomic mass is 10.1. The summed E-state index contributed by atoms with van der Waals surface area (Å²) in [6.45, 7) is 2.21. The first-order valence-electron chi connectivity index (χ1n) is 6.00. The molecule has 0 fully saturated rings. The third-order valence-electron chi connectivity index (χ3n) is 2.41. The molecule has 1 atom stereocenters. The summed E-state index contributed by atoms with van der Waals surface area (Å²) in [7, 11) is -3.61. The molecule has 1 aromatic rings. The number of sulfonamides is 1. The molecule has 8 heteroatoms. The minimum Gasteiger partial charge on any atom is -0.352 e. The zero-order valence-electron chi connectivity index (χ0n) is 11.3. The summed E-state index contributed by atoms with van der Waals surface area (Å²) in [5.41, 5.74) is 5.46. The van der Waals surface area contributed by atoms with E-state index < -0.39 is 21.7 Å². The third-order valence-corrected chi connectivity index (χ3v) is 3.00. The van der Waals surface area contributed by atoms with E-state index in [0.717, 1.165) is 18.4 Å². The molecule has 1 aromatic carbocycles. The number of nitrogens with two attached hydrogens (primary N) is 1. The summed E-state index contributed by atoms with van der Waals surface area (Å²) in [5, 5.41) is 2.62. The van der Waals surface area contributed by atoms with Crippen molar-refractivity contribution in [1.82, 2.24) is 5.32 Å². The van der Waals surface area contributed by atoms with E-state index in [9.17, 15) is 17.6 Å². The summed E-state index contributed by atoms with van der Waals surface area (Å²) in [6.07, 6.45) is 1.52. The average molecular weight is 303 g/mol. The maximum atomic E-state index is 13.4. The summed E-state index contributed by atoms with van der Waals surface area (Å²) in [5.74, 6) is -1.16. The molecule has 0 bridgehead atoms. The van der Waals surface area contributed by atoms with Crippen LogP contribution in [0.2, 0.25) is 0 Å². The van der Waals surface area contributed by atoms with Gasteiger partial charge in [-0.05, 0) is 31.5 Å². The van der Waals surface area contributed by atoms with Crippen molar-refractivity contribution in [3.8, 4) is 0 Å². The van der Waals surface area contributed by atoms with Gasteiger partial charge in [-0.15, -0.1) is 0 Å². The van der Waals surface area contributed by atoms with Crippen molar-refractivity contribution in [3.05, 3.63) is 29.6 Å². The molecule has 0 aromatic heterocycles. The topological polar surface area (TPSA) is 101 Å². The molecule has 0 radical (unpaired) electrons. The molecule has 0 spiro atoms. The first-order valence-corrected chi connectivity index (χ1v) is 7.89. The van der Waals surface area contributed by atoms with E-state index in [1.165, 1.54) is 6.07 Å². The van der Waals surface area contributed by atoms with Crippen LogP contribution in [-0.4, -0.2) is 33.2 Å². The van der Waals surface area contributed by atoms with E-state index in [1.807, 2.05) is 11.6 Å². The molecule has 0 heterocycles. The Bertz CT molecular complexity index is 588. The molecule has 1 rings (SSSR count). The highest BCUT2D eigenvalue weighted by Crippen LogP contribution is 2.17. The van der Waals surface area contributed by atoms with Gasteiger partial charge >= 0.3 is 0 Å². The predicted molar refractivity (Wildman–Crippen MR) is 75.5 cm³/mol. The van der Waals surface area contributed by atoms with Crippen LogP contribution in [0.5, 0.6) is 0 Å². The largest absolute Gasteiger partial charge is 0.352 e. The normalized spacial score (nSPS) is 12.8. The van der Waals surface area contributed by atoms with Crippen LogP contribution in [0.1, 0.15) is 23.7 Å². The van der Waals surface area contributed by atoms with Gasteiger partial charge in [-0.2, -0.15) is 0 Å². The van der Waals surface area contributed by atoms with Crippen molar-refractivity contribution >= 4 is 21.6 Å². The Balaban J connectivity index is 2.81. The van der Waals surface area contributed by atoms with Gasteiger partial charge in [0.1, 0.15) is 5.82 Å². The van der Waals surface area contributed by atoms with Gasteiger partial charge in [-0.1, -0.05) is 0 Å². The smallest absolute Gasteiger partial charge is 0.251 e. The maximum absolute atomic E-state index is 13.4. The number of hydrogen-bond donors (Lipinski definition) is 3. The molecular weight excluding hydrogens is 285 g/mol. The summed E-state index contributed by atoms with van der Waals surface area (Å²) in [4.78, 5) is 11.8. The lowest BCUT2D eigenvalue weighted by molar-refractivity contribution is 0.0953. The standard InChI is InChI=1S/C12H18FN3O3S/c1-8(14)5-6-15-12(17)9-3-4-10(13)11(7-9)16-20(2,18)19/h3-4,7-8,16H,5-6,14H2,1-2H3,(H,15,17). The van der Waals surface area contributed by atoms with E-state index in [4.69, 9.17) is 5.73 Å². The number of amides is 1. The summed E-state index contributed by atoms with van der Waals surface area (Å²) < 4.78 is 37.6. The Labute approximate surface area is 117 Å². The molecule has 0 aliphatic heterocycles. The molecule has 1 amide bonds. The predicted octanol–water partition coefficient (Wildman–Crippen LogP) is 0.664. The van der Waals surface area contributed by atoms with E-state index in [2.05, 4.69) is 5.32 Å². The van der Waals surface area contributed by atoms with Gasteiger partial charge in [0, 0.05) is 18.2 Å². The van der Waals surface area contributed by atoms with Crippen molar-refractivity contribution < 1.29 is 17.6 Å². The van der Waals surface area contributed by atoms with Gasteiger partial charge < -0.3 is 11.1 Å². The van der Waals surface area contributed by atoms with Gasteiger partial charge in [0.25, 0.3) is 5.91 Å². The number of halogens is 1. The lowest BCUT2D eigenvalue weighted by Crippen LogP contribution is -2.29. The van der Waals surface area contributed by atoms with Crippen molar-refractivity contribution in [2.24, 2.45) is 5.73 Å². The van der Waals surface area contributed by atoms with Crippen LogP contribution in [0, 0.1) is 5.82 Å². The highest BCUT2D eigenvalue weighted by molar-refractivity contribution is 7.92. The molecular formula is C12H18FN3O3S. The summed E-state index contributed by atoms with van der Waals surface area (Å²) in [6, 6.07) is 3.43. The first kappa shape index (κ1) is 16.4. The van der Waals surface area contributed by atoms with Gasteiger partial charge in [0.15, 0.2) is 0 Å². The van der Waals surface area contributed by atoms with E-state index >= 15 is 0 Å². The van der Waals surface area contributed by atoms with Crippen molar-refractivity contribution in [2.75, 3.05) is 17.5 Å². The van der Waals surface area contributed by atoms with Gasteiger partial charge in [-0.3, -0.25) is 9.52 Å². The zero-order valence-corrected chi connectivity index (χ0v) is 12.1. The number of benzene rings is 1. The fraction of sp³-hybridized carbons (Fsp3) is 0.417. The molecule has 4 N–H and O–H groups in total. The van der Waals surface area contributed by atoms with Crippen LogP contribution in [-0.2, 0) is 10.0 Å². The van der Waals surface area contributed by atoms with Crippen LogP contribution >= 0.6 is 0 Å². The van der Waals surface area contributed by atoms with Crippen molar-refractivity contribution in [3.63, 3.8) is 0 Å². The van der Waals surface area contributed by atoms with Crippen molar-refractivity contribution in [1.29, 1.82) is 0 Å². The molecule has 1 unspecified atom stereocenters. The molecule has 112 valence electrons. The van der Waals surface area contributed by atoms with Crippen molar-refractivity contribution in [2.45, 2.75) is 19.4 Å². The minimum atomic E-state index is -3.61. The Morgan fingerprint density at radius 1 is 1.45 bits per heavy atom. The highest BCUT2D eigenvalue weighted by Gasteiger charge is 2.12. The molecule has 0 aliphatic rings. The van der Waals surface area contributed by atoms with Crippen LogP contribution in [0.25, 0.3) is 0 Å². The quantitative estimate of drug-likeness (QED) is 0.718. The Morgan fingerprint density at radius 3 is 2.65 bits per heavy atom. The average Bonchev–Trinajstić information content (AvgIpc) is 2.29. The minimum absolute atomic E-state index is 0.0361. The lowest BCUT2D eigenvalue weighted by Gasteiger charge is -2.10. The number of nitrogens with one attached hydrogen (secondary N) is 2. The molecule has 20 heavy (non-hydrogen) atoms. The number of carbonyl (C=O) groups is 1. The number of hydrogen-bond acceptors (Lipinski definition) is 4. The van der Waals surface area contributed by atoms with E-state index in [1.54, 1.807) is 0 Å². The number of rotatable bonds is 6. The zero-order chi connectivity index (χ0) is 15.3. The van der Waals surface area contributed by atoms with Gasteiger partial charge in [0.05, 0.1) is 11.9 Å². The number of anilines is 1. The van der Waals surface area contributed by atoms with Gasteiger partial charge in [-0.25, -0.2) is 12.8 Å². The van der Waals surface area contributed by atoms with E-state index in [-0.39, 0.29) is 17.3 Å². The fourth-order valence-electron chi connectivity index (χ4n) is 1.46. The van der Waals surface area contributed by atoms with Crippen LogP contribution < -0.4 is 15.8 Å². The maximum Gasteiger partial charge on any atom is 0.251 e. The monoisotopic (exact) mass is 303 g/mol.